The zero-order valence-corrected chi connectivity index (χ0v) is 33.4. The summed E-state index contributed by atoms with van der Waals surface area (Å²) in [6, 6.07) is 20.7. The van der Waals surface area contributed by atoms with Gasteiger partial charge in [-0.1, -0.05) is 41.9 Å². The quantitative estimate of drug-likeness (QED) is 0.124. The average Bonchev–Trinajstić information content (AvgIpc) is 3.40. The van der Waals surface area contributed by atoms with Crippen LogP contribution in [0.4, 0.5) is 17.1 Å². The molecule has 0 spiro atoms. The van der Waals surface area contributed by atoms with E-state index < -0.39 is 5.41 Å². The SMILES string of the molecule is CN1CCC(c2ccc(NC3CCC(=O)NC3=O)cc2)CC1.Cc1c(Cl)cccc1N1C(=NC=O)C(C)(C)c2ccc(C3CCN(CCCC=O)CC3)cc21. The molecule has 11 heteroatoms. The van der Waals surface area contributed by atoms with E-state index in [0.717, 1.165) is 92.3 Å². The molecule has 3 fully saturated rings. The molecule has 1 unspecified atom stereocenters. The van der Waals surface area contributed by atoms with Crippen LogP contribution in [0, 0.1) is 6.92 Å². The first kappa shape index (κ1) is 40.3. The molecule has 4 aliphatic rings. The minimum absolute atomic E-state index is 0.180. The minimum Gasteiger partial charge on any atom is -0.374 e. The zero-order valence-electron chi connectivity index (χ0n) is 32.7. The monoisotopic (exact) mass is 766 g/mol. The lowest BCUT2D eigenvalue weighted by atomic mass is 9.83. The zero-order chi connectivity index (χ0) is 39.1. The topological polar surface area (TPSA) is 114 Å². The first-order valence-corrected chi connectivity index (χ1v) is 20.1. The van der Waals surface area contributed by atoms with Crippen molar-refractivity contribution in [2.45, 2.75) is 95.4 Å². The predicted octanol–water partition coefficient (Wildman–Crippen LogP) is 7.50. The Morgan fingerprint density at radius 1 is 0.891 bits per heavy atom. The molecule has 3 saturated heterocycles. The van der Waals surface area contributed by atoms with Crippen molar-refractivity contribution < 1.29 is 19.2 Å². The van der Waals surface area contributed by atoms with Gasteiger partial charge in [-0.2, -0.15) is 0 Å². The van der Waals surface area contributed by atoms with E-state index in [0.29, 0.717) is 42.5 Å². The third-order valence-corrected chi connectivity index (χ3v) is 12.3. The lowest BCUT2D eigenvalue weighted by Gasteiger charge is -2.32. The van der Waals surface area contributed by atoms with Crippen molar-refractivity contribution in [3.05, 3.63) is 87.9 Å². The molecule has 1 atom stereocenters. The summed E-state index contributed by atoms with van der Waals surface area (Å²) in [6.07, 6.45) is 8.80. The highest BCUT2D eigenvalue weighted by molar-refractivity contribution is 6.32. The molecule has 4 heterocycles. The first-order chi connectivity index (χ1) is 26.5. The highest BCUT2D eigenvalue weighted by Crippen LogP contribution is 2.49. The summed E-state index contributed by atoms with van der Waals surface area (Å²) in [6.45, 7) is 11.7. The number of rotatable bonds is 10. The fourth-order valence-corrected chi connectivity index (χ4v) is 8.66. The Balaban J connectivity index is 0.000000203. The van der Waals surface area contributed by atoms with Crippen LogP contribution < -0.4 is 15.5 Å². The Kier molecular flexibility index (Phi) is 13.2. The number of imide groups is 1. The number of hydrogen-bond donors (Lipinski definition) is 2. The van der Waals surface area contributed by atoms with Gasteiger partial charge in [0, 0.05) is 23.6 Å². The molecule has 3 aromatic carbocycles. The number of fused-ring (bicyclic) bond motifs is 1. The first-order valence-electron chi connectivity index (χ1n) is 19.8. The molecule has 0 saturated carbocycles. The van der Waals surface area contributed by atoms with Gasteiger partial charge in [-0.05, 0) is 163 Å². The smallest absolute Gasteiger partial charge is 0.249 e. The number of piperidine rings is 3. The fraction of sp³-hybridized carbons (Fsp3) is 0.477. The second-order valence-electron chi connectivity index (χ2n) is 16.0. The van der Waals surface area contributed by atoms with E-state index in [4.69, 9.17) is 11.6 Å². The van der Waals surface area contributed by atoms with E-state index in [-0.39, 0.29) is 17.9 Å². The van der Waals surface area contributed by atoms with Crippen molar-refractivity contribution in [3.8, 4) is 0 Å². The molecule has 292 valence electrons. The molecule has 10 nitrogen and oxygen atoms in total. The van der Waals surface area contributed by atoms with E-state index in [1.807, 2.05) is 37.3 Å². The van der Waals surface area contributed by atoms with Crippen LogP contribution in [-0.2, 0) is 24.6 Å². The maximum atomic E-state index is 11.8. The van der Waals surface area contributed by atoms with Crippen LogP contribution in [-0.4, -0.2) is 86.0 Å². The predicted molar refractivity (Wildman–Crippen MR) is 221 cm³/mol. The standard InChI is InChI=1S/C27H32ClN3O2.C17H23N3O2/c1-19-23(28)7-6-8-24(19)31-25-17-21(9-10-22(25)27(2,3)26(31)29-18-33)20-11-14-30(15-12-20)13-4-5-16-32;1-20-10-8-13(9-11-20)12-2-4-14(5-3-12)18-15-6-7-16(21)19-17(15)22/h6-10,16-18,20H,4-5,11-15H2,1-3H3;2-5,13,15,18H,6-11H2,1H3,(H,19,21,22). The Labute approximate surface area is 330 Å². The normalized spacial score (nSPS) is 21.4. The number of likely N-dealkylation sites (tertiary alicyclic amines) is 2. The van der Waals surface area contributed by atoms with Crippen LogP contribution in [0.3, 0.4) is 0 Å². The van der Waals surface area contributed by atoms with Gasteiger partial charge in [0.05, 0.1) is 16.8 Å². The van der Waals surface area contributed by atoms with E-state index in [1.165, 1.54) is 24.0 Å². The molecule has 0 aliphatic carbocycles. The third-order valence-electron chi connectivity index (χ3n) is 11.9. The number of unbranched alkanes of at least 4 members (excludes halogenated alkanes) is 1. The van der Waals surface area contributed by atoms with Crippen molar-refractivity contribution in [1.29, 1.82) is 0 Å². The Morgan fingerprint density at radius 3 is 2.24 bits per heavy atom. The molecule has 0 aromatic heterocycles. The molecule has 3 aromatic rings. The van der Waals surface area contributed by atoms with Crippen LogP contribution in [0.15, 0.2) is 65.7 Å². The van der Waals surface area contributed by atoms with Gasteiger partial charge in [-0.25, -0.2) is 4.99 Å². The van der Waals surface area contributed by atoms with E-state index >= 15 is 0 Å². The van der Waals surface area contributed by atoms with Gasteiger partial charge in [0.25, 0.3) is 0 Å². The number of nitrogens with zero attached hydrogens (tertiary/aromatic N) is 4. The summed E-state index contributed by atoms with van der Waals surface area (Å²) in [5.74, 6) is 1.45. The van der Waals surface area contributed by atoms with Crippen LogP contribution in [0.1, 0.15) is 99.3 Å². The largest absolute Gasteiger partial charge is 0.374 e. The number of amidine groups is 1. The molecule has 0 radical (unpaired) electrons. The lowest BCUT2D eigenvalue weighted by Crippen LogP contribution is -2.47. The molecule has 55 heavy (non-hydrogen) atoms. The number of aldehydes is 1. The Bertz CT molecular complexity index is 1880. The van der Waals surface area contributed by atoms with Crippen LogP contribution in [0.5, 0.6) is 0 Å². The van der Waals surface area contributed by atoms with Crippen LogP contribution >= 0.6 is 11.6 Å². The number of anilines is 3. The summed E-state index contributed by atoms with van der Waals surface area (Å²) in [5, 5.41) is 6.28. The third kappa shape index (κ3) is 9.36. The molecule has 0 bridgehead atoms. The summed E-state index contributed by atoms with van der Waals surface area (Å²) >= 11 is 6.47. The molecule has 4 aliphatic heterocycles. The van der Waals surface area contributed by atoms with Gasteiger partial charge in [0.2, 0.25) is 18.2 Å². The number of nitrogens with one attached hydrogen (secondary N) is 2. The van der Waals surface area contributed by atoms with Crippen LogP contribution in [0.25, 0.3) is 0 Å². The second-order valence-corrected chi connectivity index (χ2v) is 16.4. The molecular formula is C44H55ClN6O4. The van der Waals surface area contributed by atoms with Crippen molar-refractivity contribution in [2.24, 2.45) is 4.99 Å². The number of hydrogen-bond acceptors (Lipinski definition) is 7. The fourth-order valence-electron chi connectivity index (χ4n) is 8.50. The maximum Gasteiger partial charge on any atom is 0.249 e. The number of carbonyl (C=O) groups is 4. The molecule has 3 amide bonds. The van der Waals surface area contributed by atoms with E-state index in [9.17, 15) is 19.2 Å². The summed E-state index contributed by atoms with van der Waals surface area (Å²) < 4.78 is 0. The van der Waals surface area contributed by atoms with Crippen molar-refractivity contribution >= 4 is 59.0 Å². The van der Waals surface area contributed by atoms with Crippen molar-refractivity contribution in [1.82, 2.24) is 15.1 Å². The van der Waals surface area contributed by atoms with Gasteiger partial charge >= 0.3 is 0 Å². The minimum atomic E-state index is -0.397. The van der Waals surface area contributed by atoms with Gasteiger partial charge in [0.1, 0.15) is 18.2 Å². The van der Waals surface area contributed by atoms with E-state index in [2.05, 4.69) is 81.6 Å². The Morgan fingerprint density at radius 2 is 1.56 bits per heavy atom. The van der Waals surface area contributed by atoms with Gasteiger partial charge in [0.15, 0.2) is 0 Å². The number of amides is 3. The van der Waals surface area contributed by atoms with Gasteiger partial charge in [-0.3, -0.25) is 24.6 Å². The van der Waals surface area contributed by atoms with Gasteiger partial charge < -0.3 is 19.9 Å². The number of halogens is 1. The second kappa shape index (κ2) is 18.0. The number of aliphatic imine (C=N–C) groups is 1. The Hall–Kier alpha value is -4.38. The van der Waals surface area contributed by atoms with E-state index in [1.54, 1.807) is 0 Å². The van der Waals surface area contributed by atoms with Crippen LogP contribution in [0.2, 0.25) is 5.02 Å². The summed E-state index contributed by atoms with van der Waals surface area (Å²) in [7, 11) is 2.17. The van der Waals surface area contributed by atoms with Crippen molar-refractivity contribution in [3.63, 3.8) is 0 Å². The highest BCUT2D eigenvalue weighted by atomic mass is 35.5. The summed E-state index contributed by atoms with van der Waals surface area (Å²) in [4.78, 5) is 56.3. The lowest BCUT2D eigenvalue weighted by molar-refractivity contribution is -0.133. The number of benzene rings is 3. The van der Waals surface area contributed by atoms with Crippen molar-refractivity contribution in [2.75, 3.05) is 50.0 Å². The molecule has 7 rings (SSSR count). The average molecular weight is 767 g/mol. The molecular weight excluding hydrogens is 712 g/mol. The number of carbonyl (C=O) groups excluding carboxylic acids is 4. The summed E-state index contributed by atoms with van der Waals surface area (Å²) in [5.41, 5.74) is 7.41. The maximum absolute atomic E-state index is 11.8. The van der Waals surface area contributed by atoms with Gasteiger partial charge in [-0.15, -0.1) is 0 Å². The highest BCUT2D eigenvalue weighted by Gasteiger charge is 2.43. The molecule has 2 N–H and O–H groups in total.